The van der Waals surface area contributed by atoms with Gasteiger partial charge in [-0.25, -0.2) is 9.79 Å². The van der Waals surface area contributed by atoms with Gasteiger partial charge in [-0.3, -0.25) is 4.90 Å². The van der Waals surface area contributed by atoms with Crippen molar-refractivity contribution in [2.75, 3.05) is 12.9 Å². The van der Waals surface area contributed by atoms with Crippen molar-refractivity contribution in [1.82, 2.24) is 4.90 Å². The first-order valence-corrected chi connectivity index (χ1v) is 6.19. The van der Waals surface area contributed by atoms with E-state index in [1.807, 2.05) is 34.0 Å². The number of amides is 1. The monoisotopic (exact) mass is 230 g/mol. The lowest BCUT2D eigenvalue weighted by molar-refractivity contribution is 0.125. The topological polar surface area (TPSA) is 41.9 Å². The second-order valence-electron chi connectivity index (χ2n) is 4.25. The summed E-state index contributed by atoms with van der Waals surface area (Å²) in [6.45, 7) is 8.28. The van der Waals surface area contributed by atoms with Crippen molar-refractivity contribution in [3.63, 3.8) is 0 Å². The lowest BCUT2D eigenvalue weighted by Gasteiger charge is -2.32. The Balaban J connectivity index is 2.80. The molecule has 0 bridgehead atoms. The summed E-state index contributed by atoms with van der Waals surface area (Å²) in [5, 5.41) is 0. The van der Waals surface area contributed by atoms with Crippen LogP contribution in [-0.2, 0) is 4.74 Å². The molecule has 1 amide bonds. The standard InChI is InChI=1S/C10H18N2O2S/c1-7(2)12-6-11-8(14-9(12)13)10(3,4)15-5/h7H,6H2,1-5H3. The molecule has 86 valence electrons. The van der Waals surface area contributed by atoms with Crippen molar-refractivity contribution in [1.29, 1.82) is 0 Å². The quantitative estimate of drug-likeness (QED) is 0.747. The molecule has 4 nitrogen and oxygen atoms in total. The minimum atomic E-state index is -0.294. The van der Waals surface area contributed by atoms with E-state index in [0.717, 1.165) is 0 Å². The SMILES string of the molecule is CSC(C)(C)C1=NCN(C(C)C)C(=O)O1. The van der Waals surface area contributed by atoms with Crippen LogP contribution in [-0.4, -0.2) is 40.6 Å². The van der Waals surface area contributed by atoms with Gasteiger partial charge in [0.05, 0.1) is 4.75 Å². The smallest absolute Gasteiger partial charge is 0.394 e. The fourth-order valence-electron chi connectivity index (χ4n) is 1.15. The second-order valence-corrected chi connectivity index (χ2v) is 5.68. The fourth-order valence-corrected chi connectivity index (χ4v) is 1.43. The Morgan fingerprint density at radius 1 is 1.53 bits per heavy atom. The van der Waals surface area contributed by atoms with Gasteiger partial charge in [0.25, 0.3) is 0 Å². The Labute approximate surface area is 95.1 Å². The fraction of sp³-hybridized carbons (Fsp3) is 0.800. The van der Waals surface area contributed by atoms with Gasteiger partial charge in [0.1, 0.15) is 6.67 Å². The maximum Gasteiger partial charge on any atom is 0.418 e. The molecule has 15 heavy (non-hydrogen) atoms. The summed E-state index contributed by atoms with van der Waals surface area (Å²) in [7, 11) is 0. The molecule has 0 radical (unpaired) electrons. The summed E-state index contributed by atoms with van der Waals surface area (Å²) < 4.78 is 4.99. The zero-order chi connectivity index (χ0) is 11.6. The van der Waals surface area contributed by atoms with Crippen LogP contribution in [0.1, 0.15) is 27.7 Å². The highest BCUT2D eigenvalue weighted by Crippen LogP contribution is 2.26. The van der Waals surface area contributed by atoms with E-state index in [1.165, 1.54) is 0 Å². The Hall–Kier alpha value is -0.710. The highest BCUT2D eigenvalue weighted by atomic mass is 32.2. The third-order valence-corrected chi connectivity index (χ3v) is 3.63. The van der Waals surface area contributed by atoms with Gasteiger partial charge in [-0.05, 0) is 34.0 Å². The number of carbonyl (C=O) groups is 1. The number of ether oxygens (including phenoxy) is 1. The summed E-state index contributed by atoms with van der Waals surface area (Å²) in [5.41, 5.74) is 0. The predicted octanol–water partition coefficient (Wildman–Crippen LogP) is 2.34. The highest BCUT2D eigenvalue weighted by molar-refractivity contribution is 8.00. The first kappa shape index (κ1) is 12.4. The van der Waals surface area contributed by atoms with E-state index in [2.05, 4.69) is 4.99 Å². The summed E-state index contributed by atoms with van der Waals surface area (Å²) in [6, 6.07) is 0.125. The van der Waals surface area contributed by atoms with Gasteiger partial charge in [-0.15, -0.1) is 11.8 Å². The van der Waals surface area contributed by atoms with Gasteiger partial charge in [0.15, 0.2) is 0 Å². The normalized spacial score (nSPS) is 17.9. The van der Waals surface area contributed by atoms with Crippen LogP contribution >= 0.6 is 11.8 Å². The van der Waals surface area contributed by atoms with E-state index in [0.29, 0.717) is 12.6 Å². The molecular formula is C10H18N2O2S. The number of thioether (sulfide) groups is 1. The third kappa shape index (κ3) is 2.65. The molecule has 0 spiro atoms. The van der Waals surface area contributed by atoms with Crippen molar-refractivity contribution in [2.45, 2.75) is 38.5 Å². The summed E-state index contributed by atoms with van der Waals surface area (Å²) in [6.07, 6.45) is 1.68. The third-order valence-electron chi connectivity index (χ3n) is 2.43. The Morgan fingerprint density at radius 2 is 2.13 bits per heavy atom. The summed E-state index contributed by atoms with van der Waals surface area (Å²) in [4.78, 5) is 17.5. The molecule has 0 atom stereocenters. The molecule has 0 fully saturated rings. The number of rotatable bonds is 3. The lowest BCUT2D eigenvalue weighted by Crippen LogP contribution is -2.46. The first-order chi connectivity index (χ1) is 6.88. The van der Waals surface area contributed by atoms with Gasteiger partial charge < -0.3 is 4.74 Å². The van der Waals surface area contributed by atoms with Crippen LogP contribution in [0, 0.1) is 0 Å². The minimum Gasteiger partial charge on any atom is -0.394 e. The highest BCUT2D eigenvalue weighted by Gasteiger charge is 2.33. The Kier molecular flexibility index (Phi) is 3.65. The van der Waals surface area contributed by atoms with E-state index < -0.39 is 0 Å². The lowest BCUT2D eigenvalue weighted by atomic mass is 10.2. The van der Waals surface area contributed by atoms with E-state index in [9.17, 15) is 4.79 Å². The van der Waals surface area contributed by atoms with Crippen LogP contribution in [0.15, 0.2) is 4.99 Å². The molecule has 5 heteroatoms. The number of aliphatic imine (C=N–C) groups is 1. The zero-order valence-corrected chi connectivity index (χ0v) is 10.7. The molecule has 1 rings (SSSR count). The van der Waals surface area contributed by atoms with E-state index in [1.54, 1.807) is 16.7 Å². The van der Waals surface area contributed by atoms with Crippen LogP contribution < -0.4 is 0 Å². The molecule has 0 unspecified atom stereocenters. The summed E-state index contributed by atoms with van der Waals surface area (Å²) >= 11 is 1.62. The van der Waals surface area contributed by atoms with Crippen molar-refractivity contribution < 1.29 is 9.53 Å². The average molecular weight is 230 g/mol. The molecule has 0 aromatic rings. The van der Waals surface area contributed by atoms with Crippen LogP contribution in [0.3, 0.4) is 0 Å². The van der Waals surface area contributed by atoms with Gasteiger partial charge >= 0.3 is 6.09 Å². The molecule has 1 heterocycles. The average Bonchev–Trinajstić information content (AvgIpc) is 2.17. The van der Waals surface area contributed by atoms with Crippen molar-refractivity contribution >= 4 is 23.8 Å². The van der Waals surface area contributed by atoms with E-state index in [-0.39, 0.29) is 16.9 Å². The molecule has 0 saturated carbocycles. The van der Waals surface area contributed by atoms with Gasteiger partial charge in [-0.1, -0.05) is 0 Å². The number of nitrogens with zero attached hydrogens (tertiary/aromatic N) is 2. The Bertz CT molecular complexity index is 287. The Morgan fingerprint density at radius 3 is 2.53 bits per heavy atom. The molecule has 1 aliphatic rings. The van der Waals surface area contributed by atoms with Gasteiger partial charge in [-0.2, -0.15) is 0 Å². The van der Waals surface area contributed by atoms with Crippen LogP contribution in [0.25, 0.3) is 0 Å². The molecule has 1 aliphatic heterocycles. The van der Waals surface area contributed by atoms with E-state index >= 15 is 0 Å². The van der Waals surface area contributed by atoms with Gasteiger partial charge in [0, 0.05) is 6.04 Å². The maximum absolute atomic E-state index is 11.6. The molecule has 0 N–H and O–H groups in total. The van der Waals surface area contributed by atoms with E-state index in [4.69, 9.17) is 4.74 Å². The minimum absolute atomic E-state index is 0.125. The first-order valence-electron chi connectivity index (χ1n) is 4.97. The van der Waals surface area contributed by atoms with Crippen molar-refractivity contribution in [3.8, 4) is 0 Å². The van der Waals surface area contributed by atoms with Crippen LogP contribution in [0.2, 0.25) is 0 Å². The number of cyclic esters (lactones) is 1. The number of carbonyl (C=O) groups excluding carboxylic acids is 1. The zero-order valence-electron chi connectivity index (χ0n) is 9.90. The van der Waals surface area contributed by atoms with Crippen molar-refractivity contribution in [2.24, 2.45) is 4.99 Å². The maximum atomic E-state index is 11.6. The molecule has 0 saturated heterocycles. The largest absolute Gasteiger partial charge is 0.418 e. The van der Waals surface area contributed by atoms with Crippen LogP contribution in [0.4, 0.5) is 4.79 Å². The van der Waals surface area contributed by atoms with Crippen molar-refractivity contribution in [3.05, 3.63) is 0 Å². The van der Waals surface area contributed by atoms with Gasteiger partial charge in [0.2, 0.25) is 5.90 Å². The van der Waals surface area contributed by atoms with Crippen LogP contribution in [0.5, 0.6) is 0 Å². The second kappa shape index (κ2) is 4.43. The number of hydrogen-bond donors (Lipinski definition) is 0. The predicted molar refractivity (Wildman–Crippen MR) is 63.4 cm³/mol. The molecule has 0 aliphatic carbocycles. The molecule has 0 aromatic carbocycles. The molecule has 0 aromatic heterocycles. The summed E-state index contributed by atoms with van der Waals surface area (Å²) in [5.74, 6) is 0.525. The number of hydrogen-bond acceptors (Lipinski definition) is 4. The molecular weight excluding hydrogens is 212 g/mol.